The fourth-order valence-corrected chi connectivity index (χ4v) is 4.69. The van der Waals surface area contributed by atoms with Gasteiger partial charge in [0.05, 0.1) is 30.3 Å². The molecule has 1 amide bonds. The number of thioether (sulfide) groups is 1. The molecule has 0 saturated carbocycles. The van der Waals surface area contributed by atoms with Crippen molar-refractivity contribution in [1.82, 2.24) is 14.5 Å². The third kappa shape index (κ3) is 4.93. The van der Waals surface area contributed by atoms with Crippen LogP contribution in [0.4, 0.5) is 0 Å². The van der Waals surface area contributed by atoms with Crippen LogP contribution in [0.15, 0.2) is 58.5 Å². The summed E-state index contributed by atoms with van der Waals surface area (Å²) in [5.74, 6) is 1.83. The zero-order valence-corrected chi connectivity index (χ0v) is 18.7. The lowest BCUT2D eigenvalue weighted by molar-refractivity contribution is -0.129. The Labute approximate surface area is 186 Å². The zero-order valence-electron chi connectivity index (χ0n) is 17.9. The van der Waals surface area contributed by atoms with E-state index in [9.17, 15) is 9.59 Å². The molecule has 4 rings (SSSR count). The SMILES string of the molecule is COc1ccc(Cn2c(SCC(=O)N3CCC(C)CC3)nc3ccccc3c2=O)cc1. The third-order valence-corrected chi connectivity index (χ3v) is 6.75. The molecule has 2 aromatic carbocycles. The number of amides is 1. The summed E-state index contributed by atoms with van der Waals surface area (Å²) >= 11 is 1.34. The Hall–Kier alpha value is -2.80. The Kier molecular flexibility index (Phi) is 6.61. The van der Waals surface area contributed by atoms with E-state index in [1.807, 2.05) is 47.4 Å². The molecular formula is C24H27N3O3S. The molecule has 0 spiro atoms. The molecular weight excluding hydrogens is 410 g/mol. The lowest BCUT2D eigenvalue weighted by Gasteiger charge is -2.30. The molecule has 0 aliphatic carbocycles. The number of hydrogen-bond acceptors (Lipinski definition) is 5. The maximum Gasteiger partial charge on any atom is 0.262 e. The van der Waals surface area contributed by atoms with Gasteiger partial charge in [-0.25, -0.2) is 4.98 Å². The minimum atomic E-state index is -0.0943. The van der Waals surface area contributed by atoms with Gasteiger partial charge < -0.3 is 9.64 Å². The topological polar surface area (TPSA) is 64.4 Å². The number of fused-ring (bicyclic) bond motifs is 1. The van der Waals surface area contributed by atoms with Gasteiger partial charge in [-0.05, 0) is 48.6 Å². The van der Waals surface area contributed by atoms with Crippen LogP contribution < -0.4 is 10.3 Å². The van der Waals surface area contributed by atoms with Crippen molar-refractivity contribution in [3.8, 4) is 5.75 Å². The number of piperidine rings is 1. The molecule has 3 aromatic rings. The van der Waals surface area contributed by atoms with Gasteiger partial charge in [0, 0.05) is 13.1 Å². The number of carbonyl (C=O) groups is 1. The van der Waals surface area contributed by atoms with Gasteiger partial charge in [0.1, 0.15) is 5.75 Å². The smallest absolute Gasteiger partial charge is 0.262 e. The molecule has 1 aromatic heterocycles. The molecule has 0 bridgehead atoms. The number of methoxy groups -OCH3 is 1. The number of para-hydroxylation sites is 1. The second kappa shape index (κ2) is 9.56. The summed E-state index contributed by atoms with van der Waals surface area (Å²) in [6.07, 6.45) is 2.10. The number of hydrogen-bond donors (Lipinski definition) is 0. The Morgan fingerprint density at radius 2 is 1.84 bits per heavy atom. The molecule has 0 radical (unpaired) electrons. The molecule has 162 valence electrons. The van der Waals surface area contributed by atoms with Gasteiger partial charge in [0.15, 0.2) is 5.16 Å². The summed E-state index contributed by atoms with van der Waals surface area (Å²) in [5.41, 5.74) is 1.53. The summed E-state index contributed by atoms with van der Waals surface area (Å²) in [4.78, 5) is 32.6. The Morgan fingerprint density at radius 3 is 2.55 bits per heavy atom. The largest absolute Gasteiger partial charge is 0.497 e. The van der Waals surface area contributed by atoms with Crippen LogP contribution >= 0.6 is 11.8 Å². The highest BCUT2D eigenvalue weighted by Gasteiger charge is 2.21. The van der Waals surface area contributed by atoms with Gasteiger partial charge >= 0.3 is 0 Å². The highest BCUT2D eigenvalue weighted by molar-refractivity contribution is 7.99. The number of aromatic nitrogens is 2. The lowest BCUT2D eigenvalue weighted by Crippen LogP contribution is -2.39. The maximum atomic E-state index is 13.2. The molecule has 0 N–H and O–H groups in total. The summed E-state index contributed by atoms with van der Waals surface area (Å²) < 4.78 is 6.89. The van der Waals surface area contributed by atoms with Crippen LogP contribution in [-0.2, 0) is 11.3 Å². The van der Waals surface area contributed by atoms with Crippen LogP contribution in [0.25, 0.3) is 10.9 Å². The van der Waals surface area contributed by atoms with E-state index in [2.05, 4.69) is 6.92 Å². The normalized spacial score (nSPS) is 14.7. The number of nitrogens with zero attached hydrogens (tertiary/aromatic N) is 3. The summed E-state index contributed by atoms with van der Waals surface area (Å²) in [7, 11) is 1.63. The summed E-state index contributed by atoms with van der Waals surface area (Å²) in [5, 5.41) is 1.15. The fourth-order valence-electron chi connectivity index (χ4n) is 3.79. The van der Waals surface area contributed by atoms with E-state index in [4.69, 9.17) is 9.72 Å². The average molecular weight is 438 g/mol. The minimum Gasteiger partial charge on any atom is -0.497 e. The molecule has 1 aliphatic heterocycles. The first-order valence-corrected chi connectivity index (χ1v) is 11.6. The third-order valence-electron chi connectivity index (χ3n) is 5.79. The molecule has 0 atom stereocenters. The first-order valence-electron chi connectivity index (χ1n) is 10.6. The molecule has 1 saturated heterocycles. The van der Waals surface area contributed by atoms with Crippen LogP contribution in [0, 0.1) is 5.92 Å². The zero-order chi connectivity index (χ0) is 21.8. The van der Waals surface area contributed by atoms with Crippen LogP contribution in [0.1, 0.15) is 25.3 Å². The van der Waals surface area contributed by atoms with E-state index >= 15 is 0 Å². The van der Waals surface area contributed by atoms with Gasteiger partial charge in [0.25, 0.3) is 5.56 Å². The van der Waals surface area contributed by atoms with Crippen LogP contribution in [0.2, 0.25) is 0 Å². The van der Waals surface area contributed by atoms with Gasteiger partial charge in [-0.2, -0.15) is 0 Å². The highest BCUT2D eigenvalue weighted by atomic mass is 32.2. The number of benzene rings is 2. The van der Waals surface area contributed by atoms with E-state index < -0.39 is 0 Å². The summed E-state index contributed by atoms with van der Waals surface area (Å²) in [6, 6.07) is 15.0. The standard InChI is InChI=1S/C24H27N3O3S/c1-17-11-13-26(14-12-17)22(28)16-31-24-25-21-6-4-3-5-20(21)23(29)27(24)15-18-7-9-19(30-2)10-8-18/h3-10,17H,11-16H2,1-2H3. The van der Waals surface area contributed by atoms with Crippen molar-refractivity contribution in [2.75, 3.05) is 26.0 Å². The second-order valence-corrected chi connectivity index (χ2v) is 8.95. The predicted molar refractivity (Wildman–Crippen MR) is 124 cm³/mol. The van der Waals surface area contributed by atoms with Gasteiger partial charge in [0.2, 0.25) is 5.91 Å². The number of likely N-dealkylation sites (tertiary alicyclic amines) is 1. The molecule has 1 aliphatic rings. The first kappa shape index (κ1) is 21.4. The van der Waals surface area contributed by atoms with E-state index in [1.54, 1.807) is 17.7 Å². The van der Waals surface area contributed by atoms with E-state index in [1.165, 1.54) is 11.8 Å². The number of carbonyl (C=O) groups excluding carboxylic acids is 1. The molecule has 31 heavy (non-hydrogen) atoms. The monoisotopic (exact) mass is 437 g/mol. The van der Waals surface area contributed by atoms with E-state index in [0.29, 0.717) is 28.5 Å². The molecule has 6 nitrogen and oxygen atoms in total. The highest BCUT2D eigenvalue weighted by Crippen LogP contribution is 2.22. The fraction of sp³-hybridized carbons (Fsp3) is 0.375. The van der Waals surface area contributed by atoms with E-state index in [-0.39, 0.29) is 17.2 Å². The summed E-state index contributed by atoms with van der Waals surface area (Å²) in [6.45, 7) is 4.24. The van der Waals surface area contributed by atoms with Crippen LogP contribution in [-0.4, -0.2) is 46.3 Å². The molecule has 7 heteroatoms. The van der Waals surface area contributed by atoms with Gasteiger partial charge in [-0.1, -0.05) is 43.0 Å². The Bertz CT molecular complexity index is 1120. The predicted octanol–water partition coefficient (Wildman–Crippen LogP) is 3.80. The van der Waals surface area contributed by atoms with Crippen molar-refractivity contribution in [3.05, 3.63) is 64.4 Å². The maximum absolute atomic E-state index is 13.2. The average Bonchev–Trinajstić information content (AvgIpc) is 2.80. The van der Waals surface area contributed by atoms with Crippen molar-refractivity contribution in [1.29, 1.82) is 0 Å². The second-order valence-electron chi connectivity index (χ2n) is 8.00. The molecule has 0 unspecified atom stereocenters. The van der Waals surface area contributed by atoms with E-state index in [0.717, 1.165) is 37.2 Å². The minimum absolute atomic E-state index is 0.0943. The lowest BCUT2D eigenvalue weighted by atomic mass is 9.99. The van der Waals surface area contributed by atoms with Gasteiger partial charge in [-0.3, -0.25) is 14.2 Å². The van der Waals surface area contributed by atoms with Crippen molar-refractivity contribution in [2.24, 2.45) is 5.92 Å². The Morgan fingerprint density at radius 1 is 1.13 bits per heavy atom. The van der Waals surface area contributed by atoms with Crippen molar-refractivity contribution >= 4 is 28.6 Å². The quantitative estimate of drug-likeness (QED) is 0.434. The Balaban J connectivity index is 1.60. The van der Waals surface area contributed by atoms with Crippen LogP contribution in [0.5, 0.6) is 5.75 Å². The molecule has 2 heterocycles. The van der Waals surface area contributed by atoms with Crippen molar-refractivity contribution in [3.63, 3.8) is 0 Å². The van der Waals surface area contributed by atoms with Gasteiger partial charge in [-0.15, -0.1) is 0 Å². The number of ether oxygens (including phenoxy) is 1. The molecule has 1 fully saturated rings. The van der Waals surface area contributed by atoms with Crippen molar-refractivity contribution < 1.29 is 9.53 Å². The first-order chi connectivity index (χ1) is 15.0. The number of rotatable bonds is 6. The van der Waals surface area contributed by atoms with Crippen molar-refractivity contribution in [2.45, 2.75) is 31.5 Å². The van der Waals surface area contributed by atoms with Crippen LogP contribution in [0.3, 0.4) is 0 Å².